The lowest BCUT2D eigenvalue weighted by atomic mass is 10.1. The molecular weight excluding hydrogens is 226 g/mol. The summed E-state index contributed by atoms with van der Waals surface area (Å²) < 4.78 is 1.98. The molecule has 0 fully saturated rings. The van der Waals surface area contributed by atoms with Gasteiger partial charge in [0.05, 0.1) is 0 Å². The fraction of sp³-hybridized carbons (Fsp3) is 0.429. The van der Waals surface area contributed by atoms with Crippen LogP contribution in [0.15, 0.2) is 18.2 Å². The van der Waals surface area contributed by atoms with Crippen molar-refractivity contribution in [2.45, 2.75) is 40.3 Å². The molecule has 0 spiro atoms. The average molecular weight is 245 g/mol. The number of aliphatic hydroxyl groups excluding tert-OH is 1. The number of hydrogen-bond acceptors (Lipinski definition) is 3. The number of aliphatic hydroxyl groups is 1. The first kappa shape index (κ1) is 12.8. The van der Waals surface area contributed by atoms with Crippen molar-refractivity contribution in [3.63, 3.8) is 0 Å². The van der Waals surface area contributed by atoms with Crippen LogP contribution in [0.2, 0.25) is 0 Å². The van der Waals surface area contributed by atoms with Crippen molar-refractivity contribution >= 4 is 0 Å². The topological polar surface area (TPSA) is 50.9 Å². The molecule has 0 aliphatic carbocycles. The van der Waals surface area contributed by atoms with Crippen LogP contribution >= 0.6 is 0 Å². The van der Waals surface area contributed by atoms with Gasteiger partial charge in [-0.05, 0) is 44.9 Å². The molecule has 1 aromatic carbocycles. The third-order valence-electron chi connectivity index (χ3n) is 3.19. The summed E-state index contributed by atoms with van der Waals surface area (Å²) in [6.45, 7) is 8.21. The Morgan fingerprint density at radius 3 is 2.44 bits per heavy atom. The molecule has 1 aromatic heterocycles. The van der Waals surface area contributed by atoms with E-state index < -0.39 is 0 Å². The van der Waals surface area contributed by atoms with Crippen LogP contribution < -0.4 is 0 Å². The van der Waals surface area contributed by atoms with Crippen molar-refractivity contribution in [1.29, 1.82) is 0 Å². The molecule has 1 heterocycles. The molecule has 0 unspecified atom stereocenters. The Bertz CT molecular complexity index is 558. The molecule has 0 saturated carbocycles. The van der Waals surface area contributed by atoms with E-state index in [0.717, 1.165) is 11.4 Å². The molecule has 2 aromatic rings. The molecular formula is C14H19N3O. The summed E-state index contributed by atoms with van der Waals surface area (Å²) in [4.78, 5) is 0. The number of benzene rings is 1. The van der Waals surface area contributed by atoms with Gasteiger partial charge in [0.1, 0.15) is 6.61 Å². The van der Waals surface area contributed by atoms with Gasteiger partial charge in [-0.2, -0.15) is 0 Å². The van der Waals surface area contributed by atoms with E-state index >= 15 is 0 Å². The molecule has 1 N–H and O–H groups in total. The third kappa shape index (κ3) is 2.16. The van der Waals surface area contributed by atoms with Gasteiger partial charge < -0.3 is 9.67 Å². The van der Waals surface area contributed by atoms with Crippen LogP contribution in [0.1, 0.15) is 36.8 Å². The summed E-state index contributed by atoms with van der Waals surface area (Å²) >= 11 is 0. The van der Waals surface area contributed by atoms with Crippen molar-refractivity contribution < 1.29 is 5.11 Å². The van der Waals surface area contributed by atoms with E-state index in [4.69, 9.17) is 0 Å². The number of hydrogen-bond donors (Lipinski definition) is 1. The Labute approximate surface area is 107 Å². The maximum absolute atomic E-state index is 9.30. The minimum Gasteiger partial charge on any atom is -0.388 e. The van der Waals surface area contributed by atoms with Gasteiger partial charge in [-0.3, -0.25) is 0 Å². The highest BCUT2D eigenvalue weighted by Crippen LogP contribution is 2.24. The molecule has 0 aliphatic heterocycles. The van der Waals surface area contributed by atoms with Gasteiger partial charge in [0, 0.05) is 11.6 Å². The van der Waals surface area contributed by atoms with Crippen molar-refractivity contribution in [2.75, 3.05) is 0 Å². The van der Waals surface area contributed by atoms with Crippen LogP contribution in [0, 0.1) is 13.8 Å². The first-order valence-electron chi connectivity index (χ1n) is 6.17. The van der Waals surface area contributed by atoms with Crippen LogP contribution in [0.25, 0.3) is 11.4 Å². The molecule has 0 bridgehead atoms. The number of nitrogens with zero attached hydrogens (tertiary/aromatic N) is 3. The van der Waals surface area contributed by atoms with Gasteiger partial charge in [-0.15, -0.1) is 10.2 Å². The molecule has 0 aliphatic rings. The molecule has 18 heavy (non-hydrogen) atoms. The maximum Gasteiger partial charge on any atom is 0.164 e. The molecule has 0 radical (unpaired) electrons. The van der Waals surface area contributed by atoms with Crippen molar-refractivity contribution in [2.24, 2.45) is 0 Å². The van der Waals surface area contributed by atoms with Crippen molar-refractivity contribution in [3.8, 4) is 11.4 Å². The monoisotopic (exact) mass is 245 g/mol. The molecule has 4 heteroatoms. The van der Waals surface area contributed by atoms with Crippen molar-refractivity contribution in [3.05, 3.63) is 35.2 Å². The second kappa shape index (κ2) is 4.90. The van der Waals surface area contributed by atoms with Gasteiger partial charge in [-0.1, -0.05) is 12.1 Å². The lowest BCUT2D eigenvalue weighted by Gasteiger charge is -2.13. The predicted octanol–water partition coefficient (Wildman–Crippen LogP) is 2.64. The van der Waals surface area contributed by atoms with Crippen LogP contribution in [-0.4, -0.2) is 19.9 Å². The largest absolute Gasteiger partial charge is 0.388 e. The van der Waals surface area contributed by atoms with Gasteiger partial charge in [-0.25, -0.2) is 0 Å². The van der Waals surface area contributed by atoms with Crippen LogP contribution in [-0.2, 0) is 6.61 Å². The Morgan fingerprint density at radius 2 is 1.89 bits per heavy atom. The second-order valence-corrected chi connectivity index (χ2v) is 4.86. The molecule has 0 saturated heterocycles. The molecule has 2 rings (SSSR count). The molecule has 0 amide bonds. The fourth-order valence-corrected chi connectivity index (χ4v) is 2.05. The summed E-state index contributed by atoms with van der Waals surface area (Å²) in [5, 5.41) is 17.6. The highest BCUT2D eigenvalue weighted by atomic mass is 16.3. The van der Waals surface area contributed by atoms with Gasteiger partial charge in [0.2, 0.25) is 0 Å². The van der Waals surface area contributed by atoms with E-state index in [0.29, 0.717) is 5.82 Å². The summed E-state index contributed by atoms with van der Waals surface area (Å²) in [6, 6.07) is 6.47. The number of rotatable bonds is 3. The van der Waals surface area contributed by atoms with E-state index in [1.54, 1.807) is 0 Å². The highest BCUT2D eigenvalue weighted by Gasteiger charge is 2.15. The fourth-order valence-electron chi connectivity index (χ4n) is 2.05. The van der Waals surface area contributed by atoms with E-state index in [1.807, 2.05) is 10.6 Å². The van der Waals surface area contributed by atoms with Crippen LogP contribution in [0.4, 0.5) is 0 Å². The van der Waals surface area contributed by atoms with Crippen LogP contribution in [0.3, 0.4) is 0 Å². The normalized spacial score (nSPS) is 11.2. The minimum absolute atomic E-state index is 0.0873. The second-order valence-electron chi connectivity index (χ2n) is 4.86. The highest BCUT2D eigenvalue weighted by molar-refractivity contribution is 5.57. The van der Waals surface area contributed by atoms with E-state index in [-0.39, 0.29) is 12.6 Å². The quantitative estimate of drug-likeness (QED) is 0.904. The smallest absolute Gasteiger partial charge is 0.164 e. The third-order valence-corrected chi connectivity index (χ3v) is 3.19. The Morgan fingerprint density at radius 1 is 1.17 bits per heavy atom. The van der Waals surface area contributed by atoms with E-state index in [9.17, 15) is 5.11 Å². The van der Waals surface area contributed by atoms with E-state index in [1.165, 1.54) is 11.1 Å². The van der Waals surface area contributed by atoms with Crippen molar-refractivity contribution in [1.82, 2.24) is 14.8 Å². The predicted molar refractivity (Wildman–Crippen MR) is 71.2 cm³/mol. The minimum atomic E-state index is -0.0873. The molecule has 96 valence electrons. The first-order chi connectivity index (χ1) is 8.54. The zero-order chi connectivity index (χ0) is 13.3. The average Bonchev–Trinajstić information content (AvgIpc) is 2.76. The Balaban J connectivity index is 2.56. The Kier molecular flexibility index (Phi) is 3.48. The van der Waals surface area contributed by atoms with Gasteiger partial charge >= 0.3 is 0 Å². The summed E-state index contributed by atoms with van der Waals surface area (Å²) in [6.07, 6.45) is 0. The summed E-state index contributed by atoms with van der Waals surface area (Å²) in [7, 11) is 0. The standard InChI is InChI=1S/C14H19N3O/c1-9(2)17-13(8-18)15-16-14(17)12-6-5-10(3)11(4)7-12/h5-7,9,18H,8H2,1-4H3. The lowest BCUT2D eigenvalue weighted by molar-refractivity contribution is 0.262. The Hall–Kier alpha value is -1.68. The number of aromatic nitrogens is 3. The SMILES string of the molecule is Cc1ccc(-c2nnc(CO)n2C(C)C)cc1C. The summed E-state index contributed by atoms with van der Waals surface area (Å²) in [5.74, 6) is 1.43. The van der Waals surface area contributed by atoms with Gasteiger partial charge in [0.25, 0.3) is 0 Å². The van der Waals surface area contributed by atoms with Gasteiger partial charge in [0.15, 0.2) is 11.6 Å². The lowest BCUT2D eigenvalue weighted by Crippen LogP contribution is -2.08. The van der Waals surface area contributed by atoms with E-state index in [2.05, 4.69) is 50.0 Å². The number of aryl methyl sites for hydroxylation is 2. The van der Waals surface area contributed by atoms with Crippen LogP contribution in [0.5, 0.6) is 0 Å². The summed E-state index contributed by atoms with van der Waals surface area (Å²) in [5.41, 5.74) is 3.53. The zero-order valence-corrected chi connectivity index (χ0v) is 11.3. The zero-order valence-electron chi connectivity index (χ0n) is 11.3. The molecule has 0 atom stereocenters. The molecule has 4 nitrogen and oxygen atoms in total. The first-order valence-corrected chi connectivity index (χ1v) is 6.17. The maximum atomic E-state index is 9.30.